The van der Waals surface area contributed by atoms with Crippen LogP contribution in [-0.4, -0.2) is 92.9 Å². The van der Waals surface area contributed by atoms with Crippen molar-refractivity contribution in [3.8, 4) is 0 Å². The quantitative estimate of drug-likeness (QED) is 0.631. The molecule has 0 bridgehead atoms. The Labute approximate surface area is 200 Å². The maximum absolute atomic E-state index is 13.6. The number of carbonyl (C=O) groups excluding carboxylic acids is 2. The van der Waals surface area contributed by atoms with E-state index >= 15 is 0 Å². The van der Waals surface area contributed by atoms with Crippen molar-refractivity contribution in [2.75, 3.05) is 58.3 Å². The Hall–Kier alpha value is -2.92. The van der Waals surface area contributed by atoms with E-state index in [1.165, 1.54) is 20.2 Å². The number of benzene rings is 1. The predicted octanol–water partition coefficient (Wildman–Crippen LogP) is 1.82. The fraction of sp³-hybridized carbons (Fsp3) is 0.522. The van der Waals surface area contributed by atoms with Crippen LogP contribution in [0.1, 0.15) is 45.9 Å². The van der Waals surface area contributed by atoms with Gasteiger partial charge in [0.05, 0.1) is 16.2 Å². The molecule has 0 aliphatic carbocycles. The van der Waals surface area contributed by atoms with E-state index in [9.17, 15) is 18.0 Å². The Morgan fingerprint density at radius 2 is 1.53 bits per heavy atom. The van der Waals surface area contributed by atoms with Gasteiger partial charge < -0.3 is 19.2 Å². The van der Waals surface area contributed by atoms with Gasteiger partial charge in [-0.25, -0.2) is 12.7 Å². The van der Waals surface area contributed by atoms with Crippen LogP contribution in [0.3, 0.4) is 0 Å². The average molecular weight is 490 g/mol. The summed E-state index contributed by atoms with van der Waals surface area (Å²) in [6, 6.07) is 6.42. The number of piperidine rings is 1. The van der Waals surface area contributed by atoms with Gasteiger partial charge in [0, 0.05) is 65.1 Å². The average Bonchev–Trinajstić information content (AvgIpc) is 3.29. The molecule has 2 aromatic rings. The van der Waals surface area contributed by atoms with E-state index in [2.05, 4.69) is 10.1 Å². The summed E-state index contributed by atoms with van der Waals surface area (Å²) in [5, 5.41) is 3.77. The number of carbonyl (C=O) groups is 2. The van der Waals surface area contributed by atoms with E-state index in [1.807, 2.05) is 0 Å². The van der Waals surface area contributed by atoms with Gasteiger partial charge in [-0.2, -0.15) is 0 Å². The smallest absolute Gasteiger partial charge is 0.292 e. The van der Waals surface area contributed by atoms with Gasteiger partial charge in [-0.15, -0.1) is 0 Å². The van der Waals surface area contributed by atoms with Crippen LogP contribution in [0.25, 0.3) is 0 Å². The second-order valence-electron chi connectivity index (χ2n) is 8.93. The number of aromatic nitrogens is 1. The van der Waals surface area contributed by atoms with Crippen LogP contribution in [-0.2, 0) is 10.0 Å². The van der Waals surface area contributed by atoms with Gasteiger partial charge in [0.1, 0.15) is 0 Å². The molecule has 184 valence electrons. The van der Waals surface area contributed by atoms with Crippen molar-refractivity contribution in [3.05, 3.63) is 41.3 Å². The summed E-state index contributed by atoms with van der Waals surface area (Å²) in [4.78, 5) is 31.9. The van der Waals surface area contributed by atoms with Gasteiger partial charge in [0.15, 0.2) is 0 Å². The number of aryl methyl sites for hydroxylation is 1. The normalized spacial score (nSPS) is 17.4. The molecule has 2 amide bonds. The molecule has 1 aromatic heterocycles. The molecule has 3 heterocycles. The second-order valence-corrected chi connectivity index (χ2v) is 11.1. The van der Waals surface area contributed by atoms with Crippen molar-refractivity contribution in [2.45, 2.75) is 31.1 Å². The zero-order valence-corrected chi connectivity index (χ0v) is 20.7. The topological polar surface area (TPSA) is 107 Å². The van der Waals surface area contributed by atoms with Crippen molar-refractivity contribution in [2.24, 2.45) is 0 Å². The first-order chi connectivity index (χ1) is 16.2. The van der Waals surface area contributed by atoms with Gasteiger partial charge in [-0.05, 0) is 44.4 Å². The molecule has 1 aromatic carbocycles. The maximum Gasteiger partial charge on any atom is 0.292 e. The SMILES string of the molecule is Cc1cc(C(=O)N2CCN(C(=O)c3cc(S(=O)(=O)N(C)C)ccc3N3CCCCC3)CC2)on1. The molecule has 2 saturated heterocycles. The number of nitrogens with zero attached hydrogens (tertiary/aromatic N) is 5. The van der Waals surface area contributed by atoms with Crippen molar-refractivity contribution >= 4 is 27.5 Å². The third-order valence-electron chi connectivity index (χ3n) is 6.37. The van der Waals surface area contributed by atoms with Crippen molar-refractivity contribution in [1.29, 1.82) is 0 Å². The van der Waals surface area contributed by atoms with Crippen molar-refractivity contribution in [3.63, 3.8) is 0 Å². The van der Waals surface area contributed by atoms with E-state index in [0.717, 1.165) is 42.3 Å². The molecule has 0 radical (unpaired) electrons. The highest BCUT2D eigenvalue weighted by Crippen LogP contribution is 2.29. The number of hydrogen-bond donors (Lipinski definition) is 0. The Bertz CT molecular complexity index is 1160. The standard InChI is InChI=1S/C23H31N5O5S/c1-17-15-21(33-24-17)23(30)28-13-11-27(12-14-28)22(29)19-16-18(34(31,32)25(2)3)7-8-20(19)26-9-5-4-6-10-26/h7-8,15-16H,4-6,9-14H2,1-3H3. The molecule has 4 rings (SSSR count). The summed E-state index contributed by atoms with van der Waals surface area (Å²) in [7, 11) is -0.737. The molecular formula is C23H31N5O5S. The largest absolute Gasteiger partial charge is 0.371 e. The van der Waals surface area contributed by atoms with E-state index in [-0.39, 0.29) is 22.5 Å². The molecule has 0 saturated carbocycles. The van der Waals surface area contributed by atoms with Crippen LogP contribution in [0.4, 0.5) is 5.69 Å². The number of hydrogen-bond acceptors (Lipinski definition) is 7. The number of rotatable bonds is 5. The Balaban J connectivity index is 1.57. The Morgan fingerprint density at radius 3 is 2.09 bits per heavy atom. The summed E-state index contributed by atoms with van der Waals surface area (Å²) >= 11 is 0. The predicted molar refractivity (Wildman–Crippen MR) is 126 cm³/mol. The van der Waals surface area contributed by atoms with Crippen LogP contribution in [0.2, 0.25) is 0 Å². The molecular weight excluding hydrogens is 458 g/mol. The van der Waals surface area contributed by atoms with Crippen molar-refractivity contribution in [1.82, 2.24) is 19.3 Å². The van der Waals surface area contributed by atoms with E-state index < -0.39 is 10.0 Å². The second kappa shape index (κ2) is 9.75. The molecule has 2 fully saturated rings. The first kappa shape index (κ1) is 24.2. The third-order valence-corrected chi connectivity index (χ3v) is 8.18. The van der Waals surface area contributed by atoms with Gasteiger partial charge in [-0.3, -0.25) is 9.59 Å². The van der Waals surface area contributed by atoms with Gasteiger partial charge in [0.2, 0.25) is 15.8 Å². The fourth-order valence-electron chi connectivity index (χ4n) is 4.37. The lowest BCUT2D eigenvalue weighted by Crippen LogP contribution is -2.50. The maximum atomic E-state index is 13.6. The van der Waals surface area contributed by atoms with Crippen LogP contribution in [0, 0.1) is 6.92 Å². The van der Waals surface area contributed by atoms with Crippen LogP contribution >= 0.6 is 0 Å². The zero-order chi connectivity index (χ0) is 24.5. The number of amides is 2. The number of sulfonamides is 1. The summed E-state index contributed by atoms with van der Waals surface area (Å²) < 4.78 is 31.7. The summed E-state index contributed by atoms with van der Waals surface area (Å²) in [6.07, 6.45) is 3.22. The van der Waals surface area contributed by atoms with Crippen molar-refractivity contribution < 1.29 is 22.5 Å². The zero-order valence-electron chi connectivity index (χ0n) is 19.9. The molecule has 0 atom stereocenters. The fourth-order valence-corrected chi connectivity index (χ4v) is 5.30. The van der Waals surface area contributed by atoms with Gasteiger partial charge in [-0.1, -0.05) is 5.16 Å². The van der Waals surface area contributed by atoms with E-state index in [4.69, 9.17) is 4.52 Å². The van der Waals surface area contributed by atoms with E-state index in [0.29, 0.717) is 37.4 Å². The van der Waals surface area contributed by atoms with Gasteiger partial charge in [0.25, 0.3) is 11.8 Å². The number of piperazine rings is 1. The van der Waals surface area contributed by atoms with E-state index in [1.54, 1.807) is 34.9 Å². The summed E-state index contributed by atoms with van der Waals surface area (Å²) in [6.45, 7) is 4.83. The number of anilines is 1. The minimum absolute atomic E-state index is 0.0936. The minimum atomic E-state index is -3.68. The highest BCUT2D eigenvalue weighted by molar-refractivity contribution is 7.89. The minimum Gasteiger partial charge on any atom is -0.371 e. The molecule has 0 N–H and O–H groups in total. The summed E-state index contributed by atoms with van der Waals surface area (Å²) in [5.41, 5.74) is 1.78. The highest BCUT2D eigenvalue weighted by atomic mass is 32.2. The first-order valence-corrected chi connectivity index (χ1v) is 13.0. The molecule has 2 aliphatic heterocycles. The highest BCUT2D eigenvalue weighted by Gasteiger charge is 2.30. The van der Waals surface area contributed by atoms with Crippen LogP contribution in [0.5, 0.6) is 0 Å². The lowest BCUT2D eigenvalue weighted by Gasteiger charge is -2.36. The van der Waals surface area contributed by atoms with Crippen LogP contribution in [0.15, 0.2) is 33.7 Å². The van der Waals surface area contributed by atoms with Gasteiger partial charge >= 0.3 is 0 Å². The molecule has 2 aliphatic rings. The molecule has 11 heteroatoms. The Kier molecular flexibility index (Phi) is 6.94. The molecule has 0 unspecified atom stereocenters. The molecule has 10 nitrogen and oxygen atoms in total. The summed E-state index contributed by atoms with van der Waals surface area (Å²) in [5.74, 6) is -0.286. The lowest BCUT2D eigenvalue weighted by atomic mass is 10.1. The molecule has 0 spiro atoms. The lowest BCUT2D eigenvalue weighted by molar-refractivity contribution is 0.0513. The third kappa shape index (κ3) is 4.80. The van der Waals surface area contributed by atoms with Crippen LogP contribution < -0.4 is 4.90 Å². The monoisotopic (exact) mass is 489 g/mol. The first-order valence-electron chi connectivity index (χ1n) is 11.5. The Morgan fingerprint density at radius 1 is 0.912 bits per heavy atom. The molecule has 34 heavy (non-hydrogen) atoms.